The standard InChI is InChI=1S/C15H20N2O3/c18-12-3-1-2-7-17(12)8-6-16-14-11-5-4-10(9-11)13(14)15(19)20/h1-3,7,10-11,13-14,16H,4-6,8-9H2,(H,19,20). The molecule has 2 saturated carbocycles. The number of rotatable bonds is 5. The lowest BCUT2D eigenvalue weighted by Gasteiger charge is -2.29. The van der Waals surface area contributed by atoms with Crippen molar-refractivity contribution in [3.8, 4) is 0 Å². The van der Waals surface area contributed by atoms with E-state index in [1.807, 2.05) is 6.07 Å². The van der Waals surface area contributed by atoms with Crippen LogP contribution >= 0.6 is 0 Å². The smallest absolute Gasteiger partial charge is 0.308 e. The summed E-state index contributed by atoms with van der Waals surface area (Å²) in [6.07, 6.45) is 4.99. The molecule has 0 amide bonds. The maximum absolute atomic E-state index is 11.6. The Hall–Kier alpha value is -1.62. The van der Waals surface area contributed by atoms with E-state index in [0.717, 1.165) is 19.3 Å². The fourth-order valence-electron chi connectivity index (χ4n) is 3.94. The third-order valence-corrected chi connectivity index (χ3v) is 4.83. The number of pyridine rings is 1. The summed E-state index contributed by atoms with van der Waals surface area (Å²) >= 11 is 0. The molecule has 20 heavy (non-hydrogen) atoms. The average Bonchev–Trinajstić information content (AvgIpc) is 3.01. The predicted octanol–water partition coefficient (Wildman–Crippen LogP) is 0.937. The Kier molecular flexibility index (Phi) is 3.61. The number of carboxylic acid groups (broad SMARTS) is 1. The number of carbonyl (C=O) groups is 1. The van der Waals surface area contributed by atoms with Gasteiger partial charge in [0.2, 0.25) is 0 Å². The van der Waals surface area contributed by atoms with Crippen molar-refractivity contribution in [1.82, 2.24) is 9.88 Å². The molecule has 108 valence electrons. The topological polar surface area (TPSA) is 71.3 Å². The summed E-state index contributed by atoms with van der Waals surface area (Å²) in [5.74, 6) is -0.0872. The average molecular weight is 276 g/mol. The Morgan fingerprint density at radius 1 is 1.35 bits per heavy atom. The van der Waals surface area contributed by atoms with Gasteiger partial charge in [-0.25, -0.2) is 0 Å². The summed E-state index contributed by atoms with van der Waals surface area (Å²) in [6.45, 7) is 1.22. The highest BCUT2D eigenvalue weighted by atomic mass is 16.4. The molecule has 0 aliphatic heterocycles. The molecule has 0 aromatic carbocycles. The second-order valence-corrected chi connectivity index (χ2v) is 5.91. The maximum Gasteiger partial charge on any atom is 0.308 e. The summed E-state index contributed by atoms with van der Waals surface area (Å²) in [4.78, 5) is 23.0. The first-order chi connectivity index (χ1) is 9.66. The van der Waals surface area contributed by atoms with E-state index in [4.69, 9.17) is 0 Å². The number of aliphatic carboxylic acids is 1. The van der Waals surface area contributed by atoms with Gasteiger partial charge in [0.1, 0.15) is 0 Å². The summed E-state index contributed by atoms with van der Waals surface area (Å²) in [5, 5.41) is 12.8. The van der Waals surface area contributed by atoms with Crippen LogP contribution in [0, 0.1) is 17.8 Å². The van der Waals surface area contributed by atoms with Crippen LogP contribution in [-0.2, 0) is 11.3 Å². The van der Waals surface area contributed by atoms with Gasteiger partial charge in [-0.05, 0) is 37.2 Å². The Balaban J connectivity index is 1.60. The number of carboxylic acids is 1. The van der Waals surface area contributed by atoms with Gasteiger partial charge in [0, 0.05) is 31.4 Å². The summed E-state index contributed by atoms with van der Waals surface area (Å²) in [7, 11) is 0. The molecule has 4 unspecified atom stereocenters. The van der Waals surface area contributed by atoms with Gasteiger partial charge in [0.25, 0.3) is 5.56 Å². The number of aromatic nitrogens is 1. The van der Waals surface area contributed by atoms with Crippen molar-refractivity contribution >= 4 is 5.97 Å². The molecule has 1 heterocycles. The fourth-order valence-corrected chi connectivity index (χ4v) is 3.94. The molecule has 0 radical (unpaired) electrons. The van der Waals surface area contributed by atoms with Gasteiger partial charge >= 0.3 is 5.97 Å². The van der Waals surface area contributed by atoms with Crippen molar-refractivity contribution < 1.29 is 9.90 Å². The van der Waals surface area contributed by atoms with Gasteiger partial charge < -0.3 is 15.0 Å². The molecular weight excluding hydrogens is 256 g/mol. The highest BCUT2D eigenvalue weighted by Crippen LogP contribution is 2.48. The van der Waals surface area contributed by atoms with Crippen molar-refractivity contribution in [1.29, 1.82) is 0 Å². The summed E-state index contributed by atoms with van der Waals surface area (Å²) < 4.78 is 1.65. The second-order valence-electron chi connectivity index (χ2n) is 5.91. The molecule has 2 bridgehead atoms. The van der Waals surface area contributed by atoms with Gasteiger partial charge in [-0.2, -0.15) is 0 Å². The quantitative estimate of drug-likeness (QED) is 0.839. The van der Waals surface area contributed by atoms with E-state index >= 15 is 0 Å². The first kappa shape index (κ1) is 13.4. The van der Waals surface area contributed by atoms with Crippen molar-refractivity contribution in [2.24, 2.45) is 17.8 Å². The first-order valence-electron chi connectivity index (χ1n) is 7.28. The van der Waals surface area contributed by atoms with Crippen molar-refractivity contribution in [3.05, 3.63) is 34.7 Å². The van der Waals surface area contributed by atoms with Crippen LogP contribution in [0.15, 0.2) is 29.2 Å². The van der Waals surface area contributed by atoms with Crippen LogP contribution in [0.5, 0.6) is 0 Å². The van der Waals surface area contributed by atoms with E-state index in [9.17, 15) is 14.7 Å². The minimum atomic E-state index is -0.674. The molecule has 4 atom stereocenters. The molecule has 0 saturated heterocycles. The minimum absolute atomic E-state index is 0.0166. The zero-order valence-electron chi connectivity index (χ0n) is 11.4. The van der Waals surface area contributed by atoms with Crippen LogP contribution in [0.4, 0.5) is 0 Å². The van der Waals surface area contributed by atoms with Crippen molar-refractivity contribution in [2.45, 2.75) is 31.8 Å². The van der Waals surface area contributed by atoms with Crippen LogP contribution in [0.3, 0.4) is 0 Å². The summed E-state index contributed by atoms with van der Waals surface area (Å²) in [5.41, 5.74) is -0.0166. The zero-order chi connectivity index (χ0) is 14.1. The molecule has 2 fully saturated rings. The van der Waals surface area contributed by atoms with Gasteiger partial charge in [0.05, 0.1) is 5.92 Å². The lowest BCUT2D eigenvalue weighted by Crippen LogP contribution is -2.45. The highest BCUT2D eigenvalue weighted by Gasteiger charge is 2.50. The van der Waals surface area contributed by atoms with Gasteiger partial charge in [-0.1, -0.05) is 6.07 Å². The highest BCUT2D eigenvalue weighted by molar-refractivity contribution is 5.72. The fraction of sp³-hybridized carbons (Fsp3) is 0.600. The van der Waals surface area contributed by atoms with E-state index in [1.165, 1.54) is 6.07 Å². The molecular formula is C15H20N2O3. The third-order valence-electron chi connectivity index (χ3n) is 4.83. The predicted molar refractivity (Wildman–Crippen MR) is 74.4 cm³/mol. The van der Waals surface area contributed by atoms with E-state index in [0.29, 0.717) is 24.9 Å². The molecule has 2 aliphatic carbocycles. The van der Waals surface area contributed by atoms with E-state index in [-0.39, 0.29) is 17.5 Å². The van der Waals surface area contributed by atoms with Crippen LogP contribution in [0.2, 0.25) is 0 Å². The van der Waals surface area contributed by atoms with E-state index in [1.54, 1.807) is 16.8 Å². The molecule has 5 nitrogen and oxygen atoms in total. The Morgan fingerprint density at radius 2 is 2.15 bits per heavy atom. The minimum Gasteiger partial charge on any atom is -0.481 e. The molecule has 1 aromatic rings. The van der Waals surface area contributed by atoms with Crippen molar-refractivity contribution in [3.63, 3.8) is 0 Å². The molecule has 1 aromatic heterocycles. The summed E-state index contributed by atoms with van der Waals surface area (Å²) in [6, 6.07) is 5.17. The maximum atomic E-state index is 11.6. The number of nitrogens with one attached hydrogen (secondary N) is 1. The first-order valence-corrected chi connectivity index (χ1v) is 7.28. The normalized spacial score (nSPS) is 31.6. The van der Waals surface area contributed by atoms with Crippen LogP contribution in [-0.4, -0.2) is 28.2 Å². The molecule has 5 heteroatoms. The molecule has 0 spiro atoms. The lowest BCUT2D eigenvalue weighted by molar-refractivity contribution is -0.144. The van der Waals surface area contributed by atoms with Crippen LogP contribution < -0.4 is 10.9 Å². The molecule has 3 rings (SSSR count). The number of hydrogen-bond acceptors (Lipinski definition) is 3. The van der Waals surface area contributed by atoms with E-state index in [2.05, 4.69) is 5.32 Å². The largest absolute Gasteiger partial charge is 0.481 e. The number of fused-ring (bicyclic) bond motifs is 2. The zero-order valence-corrected chi connectivity index (χ0v) is 11.4. The Bertz CT molecular complexity index is 554. The SMILES string of the molecule is O=C(O)C1C2CCC(C2)C1NCCn1ccccc1=O. The Morgan fingerprint density at radius 3 is 2.90 bits per heavy atom. The van der Waals surface area contributed by atoms with Crippen LogP contribution in [0.1, 0.15) is 19.3 Å². The molecule has 2 N–H and O–H groups in total. The lowest BCUT2D eigenvalue weighted by atomic mass is 9.84. The van der Waals surface area contributed by atoms with E-state index < -0.39 is 5.97 Å². The van der Waals surface area contributed by atoms with Gasteiger partial charge in [0.15, 0.2) is 0 Å². The third kappa shape index (κ3) is 2.38. The van der Waals surface area contributed by atoms with Crippen molar-refractivity contribution in [2.75, 3.05) is 6.54 Å². The monoisotopic (exact) mass is 276 g/mol. The number of nitrogens with zero attached hydrogens (tertiary/aromatic N) is 1. The Labute approximate surface area is 117 Å². The molecule has 2 aliphatic rings. The van der Waals surface area contributed by atoms with Gasteiger partial charge in [-0.3, -0.25) is 9.59 Å². The van der Waals surface area contributed by atoms with Gasteiger partial charge in [-0.15, -0.1) is 0 Å². The second kappa shape index (κ2) is 5.40. The van der Waals surface area contributed by atoms with Crippen LogP contribution in [0.25, 0.3) is 0 Å². The number of hydrogen-bond donors (Lipinski definition) is 2.